The van der Waals surface area contributed by atoms with Gasteiger partial charge in [0.05, 0.1) is 29.7 Å². The van der Waals surface area contributed by atoms with E-state index in [1.54, 1.807) is 18.2 Å². The molecular weight excluding hydrogens is 324 g/mol. The fourth-order valence-corrected chi connectivity index (χ4v) is 2.12. The first-order valence-corrected chi connectivity index (χ1v) is 6.81. The van der Waals surface area contributed by atoms with E-state index in [1.165, 1.54) is 26.4 Å². The molecule has 0 aliphatic heterocycles. The highest BCUT2D eigenvalue weighted by Gasteiger charge is 2.16. The van der Waals surface area contributed by atoms with E-state index >= 15 is 0 Å². The smallest absolute Gasteiger partial charge is 0.270 e. The summed E-state index contributed by atoms with van der Waals surface area (Å²) in [5.74, 6) is 0.389. The minimum absolute atomic E-state index is 0.00986. The quantitative estimate of drug-likeness (QED) is 0.666. The van der Waals surface area contributed by atoms with Gasteiger partial charge < -0.3 is 14.8 Å². The predicted molar refractivity (Wildman–Crippen MR) is 85.6 cm³/mol. The number of nitro benzene ring substituents is 1. The Morgan fingerprint density at radius 2 is 1.83 bits per heavy atom. The molecule has 7 nitrogen and oxygen atoms in total. The van der Waals surface area contributed by atoms with Crippen LogP contribution >= 0.6 is 11.6 Å². The van der Waals surface area contributed by atoms with Crippen LogP contribution in [0, 0.1) is 10.1 Å². The third-order valence-corrected chi connectivity index (χ3v) is 3.38. The molecule has 0 aliphatic carbocycles. The van der Waals surface area contributed by atoms with Crippen LogP contribution in [-0.2, 0) is 0 Å². The van der Waals surface area contributed by atoms with Crippen molar-refractivity contribution in [3.8, 4) is 11.5 Å². The summed E-state index contributed by atoms with van der Waals surface area (Å²) in [6.07, 6.45) is 0. The number of benzene rings is 2. The Labute approximate surface area is 136 Å². The number of ether oxygens (including phenoxy) is 2. The molecule has 1 N–H and O–H groups in total. The molecule has 0 atom stereocenters. The lowest BCUT2D eigenvalue weighted by Crippen LogP contribution is -2.13. The molecule has 0 aliphatic rings. The molecular formula is C15H13ClN2O5. The van der Waals surface area contributed by atoms with E-state index in [2.05, 4.69) is 5.32 Å². The number of rotatable bonds is 5. The summed E-state index contributed by atoms with van der Waals surface area (Å²) in [6.45, 7) is 0. The maximum absolute atomic E-state index is 12.3. The number of hydrogen-bond donors (Lipinski definition) is 1. The molecule has 0 bridgehead atoms. The van der Waals surface area contributed by atoms with Crippen molar-refractivity contribution in [1.29, 1.82) is 0 Å². The molecule has 0 fully saturated rings. The van der Waals surface area contributed by atoms with Gasteiger partial charge in [-0.05, 0) is 18.2 Å². The van der Waals surface area contributed by atoms with Crippen LogP contribution in [0.25, 0.3) is 0 Å². The first-order chi connectivity index (χ1) is 11.0. The monoisotopic (exact) mass is 336 g/mol. The minimum atomic E-state index is -0.594. The van der Waals surface area contributed by atoms with Crippen molar-refractivity contribution in [2.24, 2.45) is 0 Å². The summed E-state index contributed by atoms with van der Waals surface area (Å²) in [4.78, 5) is 22.5. The summed E-state index contributed by atoms with van der Waals surface area (Å²) in [5, 5.41) is 13.5. The zero-order valence-corrected chi connectivity index (χ0v) is 13.1. The van der Waals surface area contributed by atoms with Crippen molar-refractivity contribution in [2.75, 3.05) is 19.5 Å². The number of nitro groups is 1. The molecule has 2 aromatic rings. The van der Waals surface area contributed by atoms with Gasteiger partial charge in [-0.3, -0.25) is 14.9 Å². The number of halogens is 1. The average molecular weight is 337 g/mol. The Balaban J connectivity index is 2.29. The number of methoxy groups -OCH3 is 2. The molecule has 2 rings (SSSR count). The lowest BCUT2D eigenvalue weighted by atomic mass is 10.1. The highest BCUT2D eigenvalue weighted by atomic mass is 35.5. The van der Waals surface area contributed by atoms with Gasteiger partial charge in [0.25, 0.3) is 11.6 Å². The van der Waals surface area contributed by atoms with Gasteiger partial charge in [0.2, 0.25) is 0 Å². The molecule has 23 heavy (non-hydrogen) atoms. The van der Waals surface area contributed by atoms with Crippen molar-refractivity contribution >= 4 is 28.9 Å². The van der Waals surface area contributed by atoms with E-state index < -0.39 is 10.8 Å². The number of carbonyl (C=O) groups is 1. The maximum Gasteiger partial charge on any atom is 0.270 e. The lowest BCUT2D eigenvalue weighted by Gasteiger charge is -2.11. The third kappa shape index (κ3) is 3.70. The van der Waals surface area contributed by atoms with Crippen molar-refractivity contribution in [1.82, 2.24) is 0 Å². The molecule has 120 valence electrons. The molecule has 0 saturated carbocycles. The van der Waals surface area contributed by atoms with E-state index in [0.29, 0.717) is 17.2 Å². The van der Waals surface area contributed by atoms with Crippen LogP contribution < -0.4 is 14.8 Å². The number of non-ortho nitro benzene ring substituents is 1. The zero-order valence-electron chi connectivity index (χ0n) is 12.3. The number of amides is 1. The van der Waals surface area contributed by atoms with Crippen LogP contribution in [0.5, 0.6) is 11.5 Å². The summed E-state index contributed by atoms with van der Waals surface area (Å²) in [6, 6.07) is 8.48. The Bertz CT molecular complexity index is 764. The largest absolute Gasteiger partial charge is 0.493 e. The zero-order chi connectivity index (χ0) is 17.0. The van der Waals surface area contributed by atoms with Gasteiger partial charge in [0.15, 0.2) is 11.5 Å². The molecule has 0 aromatic heterocycles. The predicted octanol–water partition coefficient (Wildman–Crippen LogP) is 3.52. The van der Waals surface area contributed by atoms with Crippen LogP contribution in [0.2, 0.25) is 5.02 Å². The third-order valence-electron chi connectivity index (χ3n) is 3.05. The van der Waals surface area contributed by atoms with Gasteiger partial charge in [0, 0.05) is 23.9 Å². The Morgan fingerprint density at radius 3 is 2.43 bits per heavy atom. The maximum atomic E-state index is 12.3. The summed E-state index contributed by atoms with van der Waals surface area (Å²) in [7, 11) is 2.97. The summed E-state index contributed by atoms with van der Waals surface area (Å²) >= 11 is 5.94. The van der Waals surface area contributed by atoms with Gasteiger partial charge in [-0.1, -0.05) is 11.6 Å². The molecule has 0 unspecified atom stereocenters. The molecule has 0 saturated heterocycles. The van der Waals surface area contributed by atoms with Crippen molar-refractivity contribution in [2.45, 2.75) is 0 Å². The molecule has 2 aromatic carbocycles. The van der Waals surface area contributed by atoms with Crippen LogP contribution in [0.1, 0.15) is 10.4 Å². The van der Waals surface area contributed by atoms with Crippen molar-refractivity contribution < 1.29 is 19.2 Å². The topological polar surface area (TPSA) is 90.7 Å². The van der Waals surface area contributed by atoms with Gasteiger partial charge in [0.1, 0.15) is 0 Å². The number of anilines is 1. The van der Waals surface area contributed by atoms with Crippen LogP contribution in [-0.4, -0.2) is 25.1 Å². The highest BCUT2D eigenvalue weighted by molar-refractivity contribution is 6.34. The number of hydrogen-bond acceptors (Lipinski definition) is 5. The van der Waals surface area contributed by atoms with E-state index in [9.17, 15) is 14.9 Å². The van der Waals surface area contributed by atoms with Gasteiger partial charge in [-0.25, -0.2) is 0 Å². The van der Waals surface area contributed by atoms with Gasteiger partial charge >= 0.3 is 0 Å². The highest BCUT2D eigenvalue weighted by Crippen LogP contribution is 2.30. The second-order valence-corrected chi connectivity index (χ2v) is 4.85. The second-order valence-electron chi connectivity index (χ2n) is 4.45. The van der Waals surface area contributed by atoms with Gasteiger partial charge in [-0.2, -0.15) is 0 Å². The molecule has 0 radical (unpaired) electrons. The normalized spacial score (nSPS) is 10.0. The first kappa shape index (κ1) is 16.6. The lowest BCUT2D eigenvalue weighted by molar-refractivity contribution is -0.384. The number of nitrogens with zero attached hydrogens (tertiary/aromatic N) is 1. The SMILES string of the molecule is COc1ccc(NC(=O)c2cc([N+](=O)[O-])ccc2Cl)cc1OC. The van der Waals surface area contributed by atoms with E-state index in [1.807, 2.05) is 0 Å². The van der Waals surface area contributed by atoms with E-state index in [-0.39, 0.29) is 16.3 Å². The van der Waals surface area contributed by atoms with E-state index in [0.717, 1.165) is 6.07 Å². The van der Waals surface area contributed by atoms with Crippen LogP contribution in [0.3, 0.4) is 0 Å². The Morgan fingerprint density at radius 1 is 1.13 bits per heavy atom. The minimum Gasteiger partial charge on any atom is -0.493 e. The first-order valence-electron chi connectivity index (χ1n) is 6.43. The Hall–Kier alpha value is -2.80. The average Bonchev–Trinajstić information content (AvgIpc) is 2.54. The van der Waals surface area contributed by atoms with Crippen molar-refractivity contribution in [3.05, 3.63) is 57.1 Å². The van der Waals surface area contributed by atoms with E-state index in [4.69, 9.17) is 21.1 Å². The summed E-state index contributed by atoms with van der Waals surface area (Å²) < 4.78 is 10.3. The molecule has 0 heterocycles. The molecule has 0 spiro atoms. The van der Waals surface area contributed by atoms with Crippen LogP contribution in [0.15, 0.2) is 36.4 Å². The van der Waals surface area contributed by atoms with Crippen molar-refractivity contribution in [3.63, 3.8) is 0 Å². The fourth-order valence-electron chi connectivity index (χ4n) is 1.91. The standard InChI is InChI=1S/C15H13ClN2O5/c1-22-13-6-3-9(7-14(13)23-2)17-15(19)11-8-10(18(20)21)4-5-12(11)16/h3-8H,1-2H3,(H,17,19). The summed E-state index contributed by atoms with van der Waals surface area (Å²) in [5.41, 5.74) is 0.234. The van der Waals surface area contributed by atoms with Crippen LogP contribution in [0.4, 0.5) is 11.4 Å². The molecule has 1 amide bonds. The Kier molecular flexibility index (Phi) is 5.02. The molecule has 8 heteroatoms. The number of carbonyl (C=O) groups excluding carboxylic acids is 1. The second kappa shape index (κ2) is 6.97. The number of nitrogens with one attached hydrogen (secondary N) is 1. The fraction of sp³-hybridized carbons (Fsp3) is 0.133. The van der Waals surface area contributed by atoms with Gasteiger partial charge in [-0.15, -0.1) is 0 Å².